The number of aromatic nitrogens is 2. The molecule has 0 unspecified atom stereocenters. The number of rotatable bonds is 7. The Hall–Kier alpha value is -4.30. The van der Waals surface area contributed by atoms with Crippen molar-refractivity contribution in [1.82, 2.24) is 9.78 Å². The molecule has 36 heavy (non-hydrogen) atoms. The van der Waals surface area contributed by atoms with Gasteiger partial charge in [0.15, 0.2) is 0 Å². The standard InChI is InChI=1S/C28H23N3O4S/c1-3-35-24-12-8-7-11-23(24)31-27(32)25(36-28(31)33)17-20-18-30(21-9-5-4-6-10-21)29-26(20)19-13-15-22(34-2)16-14-19/h4-18H,3H2,1-2H3/b25-17-. The van der Waals surface area contributed by atoms with Crippen molar-refractivity contribution >= 4 is 34.7 Å². The number of ether oxygens (including phenoxy) is 2. The smallest absolute Gasteiger partial charge is 0.298 e. The number of carbonyl (C=O) groups is 2. The quantitative estimate of drug-likeness (QED) is 0.284. The first-order chi connectivity index (χ1) is 17.6. The first kappa shape index (κ1) is 23.4. The first-order valence-corrected chi connectivity index (χ1v) is 12.2. The Morgan fingerprint density at radius 1 is 0.944 bits per heavy atom. The summed E-state index contributed by atoms with van der Waals surface area (Å²) in [7, 11) is 1.62. The highest BCUT2D eigenvalue weighted by atomic mass is 32.2. The average molecular weight is 498 g/mol. The van der Waals surface area contributed by atoms with E-state index in [1.807, 2.05) is 73.8 Å². The number of methoxy groups -OCH3 is 1. The van der Waals surface area contributed by atoms with Crippen molar-refractivity contribution in [2.24, 2.45) is 0 Å². The molecular weight excluding hydrogens is 474 g/mol. The highest BCUT2D eigenvalue weighted by Crippen LogP contribution is 2.40. The van der Waals surface area contributed by atoms with Gasteiger partial charge >= 0.3 is 0 Å². The monoisotopic (exact) mass is 497 g/mol. The highest BCUT2D eigenvalue weighted by molar-refractivity contribution is 8.19. The van der Waals surface area contributed by atoms with Gasteiger partial charge in [-0.2, -0.15) is 5.10 Å². The fourth-order valence-corrected chi connectivity index (χ4v) is 4.74. The first-order valence-electron chi connectivity index (χ1n) is 11.4. The molecule has 1 fully saturated rings. The second-order valence-electron chi connectivity index (χ2n) is 7.86. The zero-order chi connectivity index (χ0) is 25.1. The van der Waals surface area contributed by atoms with E-state index in [1.165, 1.54) is 0 Å². The Morgan fingerprint density at radius 3 is 2.39 bits per heavy atom. The number of benzene rings is 3. The van der Waals surface area contributed by atoms with Crippen LogP contribution in [0.2, 0.25) is 0 Å². The number of hydrogen-bond acceptors (Lipinski definition) is 6. The van der Waals surface area contributed by atoms with Crippen LogP contribution in [0, 0.1) is 0 Å². The summed E-state index contributed by atoms with van der Waals surface area (Å²) in [6.07, 6.45) is 3.58. The van der Waals surface area contributed by atoms with E-state index in [-0.39, 0.29) is 5.24 Å². The highest BCUT2D eigenvalue weighted by Gasteiger charge is 2.38. The molecule has 0 spiro atoms. The SMILES string of the molecule is CCOc1ccccc1N1C(=O)S/C(=C\c2cn(-c3ccccc3)nc2-c2ccc(OC)cc2)C1=O. The molecule has 2 amide bonds. The van der Waals surface area contributed by atoms with E-state index in [1.54, 1.807) is 36.1 Å². The van der Waals surface area contributed by atoms with Crippen molar-refractivity contribution in [3.8, 4) is 28.4 Å². The van der Waals surface area contributed by atoms with Crippen LogP contribution in [0.1, 0.15) is 12.5 Å². The number of para-hydroxylation sites is 3. The van der Waals surface area contributed by atoms with Gasteiger partial charge in [-0.1, -0.05) is 30.3 Å². The number of hydrogen-bond donors (Lipinski definition) is 0. The lowest BCUT2D eigenvalue weighted by molar-refractivity contribution is -0.113. The number of amides is 2. The fraction of sp³-hybridized carbons (Fsp3) is 0.107. The minimum atomic E-state index is -0.398. The molecule has 180 valence electrons. The van der Waals surface area contributed by atoms with Crippen LogP contribution in [0.5, 0.6) is 11.5 Å². The van der Waals surface area contributed by atoms with Crippen molar-refractivity contribution in [2.45, 2.75) is 6.92 Å². The number of imide groups is 1. The zero-order valence-corrected chi connectivity index (χ0v) is 20.6. The molecule has 0 saturated carbocycles. The molecule has 1 aromatic heterocycles. The molecular formula is C28H23N3O4S. The summed E-state index contributed by atoms with van der Waals surface area (Å²) < 4.78 is 12.7. The summed E-state index contributed by atoms with van der Waals surface area (Å²) in [5.41, 5.74) is 3.57. The van der Waals surface area contributed by atoms with Gasteiger partial charge in [-0.25, -0.2) is 9.58 Å². The molecule has 0 aliphatic carbocycles. The van der Waals surface area contributed by atoms with Gasteiger partial charge < -0.3 is 9.47 Å². The molecule has 0 radical (unpaired) electrons. The van der Waals surface area contributed by atoms with Crippen LogP contribution in [0.4, 0.5) is 10.5 Å². The van der Waals surface area contributed by atoms with Crippen LogP contribution in [-0.2, 0) is 4.79 Å². The summed E-state index contributed by atoms with van der Waals surface area (Å²) in [5.74, 6) is 0.821. The van der Waals surface area contributed by atoms with Gasteiger partial charge in [0.25, 0.3) is 11.1 Å². The molecule has 3 aromatic carbocycles. The van der Waals surface area contributed by atoms with Crippen molar-refractivity contribution in [1.29, 1.82) is 0 Å². The maximum atomic E-state index is 13.4. The Labute approximate surface area is 213 Å². The van der Waals surface area contributed by atoms with Gasteiger partial charge in [0.1, 0.15) is 11.5 Å². The Bertz CT molecular complexity index is 1450. The number of thioether (sulfide) groups is 1. The number of carbonyl (C=O) groups excluding carboxylic acids is 2. The third-order valence-corrected chi connectivity index (χ3v) is 6.48. The van der Waals surface area contributed by atoms with Gasteiger partial charge in [-0.15, -0.1) is 0 Å². The third-order valence-electron chi connectivity index (χ3n) is 5.61. The Morgan fingerprint density at radius 2 is 1.67 bits per heavy atom. The summed E-state index contributed by atoms with van der Waals surface area (Å²) in [4.78, 5) is 27.8. The molecule has 1 aliphatic rings. The van der Waals surface area contributed by atoms with E-state index < -0.39 is 5.91 Å². The predicted molar refractivity (Wildman–Crippen MR) is 142 cm³/mol. The molecule has 2 heterocycles. The van der Waals surface area contributed by atoms with Gasteiger partial charge in [0, 0.05) is 17.3 Å². The molecule has 0 atom stereocenters. The molecule has 5 rings (SSSR count). The van der Waals surface area contributed by atoms with Gasteiger partial charge in [-0.3, -0.25) is 9.59 Å². The summed E-state index contributed by atoms with van der Waals surface area (Å²) in [6, 6.07) is 24.3. The van der Waals surface area contributed by atoms with Crippen LogP contribution in [0.3, 0.4) is 0 Å². The van der Waals surface area contributed by atoms with Crippen LogP contribution in [0.15, 0.2) is 90.0 Å². The van der Waals surface area contributed by atoms with E-state index in [0.29, 0.717) is 34.2 Å². The van der Waals surface area contributed by atoms with Gasteiger partial charge in [0.2, 0.25) is 0 Å². The van der Waals surface area contributed by atoms with Crippen LogP contribution in [-0.4, -0.2) is 34.6 Å². The minimum Gasteiger partial charge on any atom is -0.497 e. The molecule has 1 aliphatic heterocycles. The van der Waals surface area contributed by atoms with Crippen molar-refractivity contribution in [3.05, 3.63) is 95.5 Å². The maximum Gasteiger partial charge on any atom is 0.298 e. The number of anilines is 1. The summed E-state index contributed by atoms with van der Waals surface area (Å²) in [6.45, 7) is 2.28. The second kappa shape index (κ2) is 10.1. The molecule has 1 saturated heterocycles. The van der Waals surface area contributed by atoms with Gasteiger partial charge in [-0.05, 0) is 73.3 Å². The summed E-state index contributed by atoms with van der Waals surface area (Å²) in [5, 5.41) is 4.42. The molecule has 4 aromatic rings. The Balaban J connectivity index is 1.57. The third kappa shape index (κ3) is 4.50. The van der Waals surface area contributed by atoms with Crippen LogP contribution >= 0.6 is 11.8 Å². The summed E-state index contributed by atoms with van der Waals surface area (Å²) >= 11 is 0.899. The van der Waals surface area contributed by atoms with Crippen LogP contribution in [0.25, 0.3) is 23.0 Å². The lowest BCUT2D eigenvalue weighted by Gasteiger charge is -2.16. The molecule has 0 N–H and O–H groups in total. The largest absolute Gasteiger partial charge is 0.497 e. The minimum absolute atomic E-state index is 0.314. The average Bonchev–Trinajstić information content (AvgIpc) is 3.45. The second-order valence-corrected chi connectivity index (χ2v) is 8.85. The lowest BCUT2D eigenvalue weighted by Crippen LogP contribution is -2.28. The number of nitrogens with zero attached hydrogens (tertiary/aromatic N) is 3. The van der Waals surface area contributed by atoms with E-state index in [0.717, 1.165) is 33.7 Å². The van der Waals surface area contributed by atoms with Crippen LogP contribution < -0.4 is 14.4 Å². The van der Waals surface area contributed by atoms with Crippen molar-refractivity contribution < 1.29 is 19.1 Å². The molecule has 7 nitrogen and oxygen atoms in total. The zero-order valence-electron chi connectivity index (χ0n) is 19.8. The normalized spacial score (nSPS) is 14.5. The van der Waals surface area contributed by atoms with Gasteiger partial charge in [0.05, 0.1) is 35.7 Å². The van der Waals surface area contributed by atoms with Crippen molar-refractivity contribution in [2.75, 3.05) is 18.6 Å². The van der Waals surface area contributed by atoms with Crippen molar-refractivity contribution in [3.63, 3.8) is 0 Å². The predicted octanol–water partition coefficient (Wildman–Crippen LogP) is 6.19. The van der Waals surface area contributed by atoms with E-state index >= 15 is 0 Å². The fourth-order valence-electron chi connectivity index (χ4n) is 3.92. The van der Waals surface area contributed by atoms with E-state index in [9.17, 15) is 9.59 Å². The van der Waals surface area contributed by atoms with E-state index in [2.05, 4.69) is 0 Å². The molecule has 0 bridgehead atoms. The maximum absolute atomic E-state index is 13.4. The molecule has 8 heteroatoms. The Kier molecular flexibility index (Phi) is 6.60. The van der Waals surface area contributed by atoms with E-state index in [4.69, 9.17) is 14.6 Å². The lowest BCUT2D eigenvalue weighted by atomic mass is 10.1. The topological polar surface area (TPSA) is 73.7 Å².